The number of nitrogens with one attached hydrogen (secondary N) is 2. The number of hydrogen-bond acceptors (Lipinski definition) is 3. The number of aromatic nitrogens is 1. The van der Waals surface area contributed by atoms with E-state index in [-0.39, 0.29) is 11.3 Å². The van der Waals surface area contributed by atoms with Gasteiger partial charge in [0.05, 0.1) is 11.8 Å². The molecule has 0 bridgehead atoms. The van der Waals surface area contributed by atoms with Crippen molar-refractivity contribution in [3.8, 4) is 5.75 Å². The molecule has 0 atom stereocenters. The zero-order valence-electron chi connectivity index (χ0n) is 11.1. The van der Waals surface area contributed by atoms with E-state index in [1.807, 2.05) is 30.5 Å². The number of nitrogens with zero attached hydrogens (tertiary/aromatic N) is 1. The van der Waals surface area contributed by atoms with Crippen LogP contribution in [0.5, 0.6) is 5.75 Å². The number of aromatic amines is 1. The summed E-state index contributed by atoms with van der Waals surface area (Å²) in [5.74, 6) is -0.526. The molecule has 1 heterocycles. The van der Waals surface area contributed by atoms with E-state index < -0.39 is 5.91 Å². The van der Waals surface area contributed by atoms with Crippen LogP contribution in [0.25, 0.3) is 10.9 Å². The Bertz CT molecular complexity index is 821. The minimum absolute atomic E-state index is 0.0719. The van der Waals surface area contributed by atoms with Crippen molar-refractivity contribution in [2.45, 2.75) is 0 Å². The molecule has 0 aliphatic carbocycles. The summed E-state index contributed by atoms with van der Waals surface area (Å²) in [5.41, 5.74) is 4.47. The van der Waals surface area contributed by atoms with Crippen LogP contribution in [0.3, 0.4) is 0 Å². The van der Waals surface area contributed by atoms with Crippen molar-refractivity contribution in [2.24, 2.45) is 5.10 Å². The molecule has 0 fully saturated rings. The second-order valence-electron chi connectivity index (χ2n) is 4.51. The van der Waals surface area contributed by atoms with Gasteiger partial charge in [0.15, 0.2) is 0 Å². The lowest BCUT2D eigenvalue weighted by Crippen LogP contribution is -2.17. The molecule has 5 heteroatoms. The van der Waals surface area contributed by atoms with E-state index >= 15 is 0 Å². The topological polar surface area (TPSA) is 77.5 Å². The number of H-pyrrole nitrogens is 1. The van der Waals surface area contributed by atoms with Crippen LogP contribution in [0, 0.1) is 0 Å². The number of carbonyl (C=O) groups excluding carboxylic acids is 1. The summed E-state index contributed by atoms with van der Waals surface area (Å²) in [5, 5.41) is 14.5. The van der Waals surface area contributed by atoms with Crippen LogP contribution in [0.4, 0.5) is 0 Å². The van der Waals surface area contributed by atoms with Gasteiger partial charge in [-0.1, -0.05) is 30.3 Å². The lowest BCUT2D eigenvalue weighted by molar-refractivity contribution is 0.0952. The van der Waals surface area contributed by atoms with Gasteiger partial charge < -0.3 is 10.1 Å². The summed E-state index contributed by atoms with van der Waals surface area (Å²) in [6.45, 7) is 0. The molecular formula is C16H13N3O2. The second kappa shape index (κ2) is 5.50. The summed E-state index contributed by atoms with van der Waals surface area (Å²) in [6.07, 6.45) is 3.39. The molecule has 0 unspecified atom stereocenters. The van der Waals surface area contributed by atoms with Gasteiger partial charge in [-0.3, -0.25) is 4.79 Å². The zero-order chi connectivity index (χ0) is 14.7. The van der Waals surface area contributed by atoms with Crippen molar-refractivity contribution in [1.82, 2.24) is 10.4 Å². The second-order valence-corrected chi connectivity index (χ2v) is 4.51. The van der Waals surface area contributed by atoms with Gasteiger partial charge >= 0.3 is 0 Å². The van der Waals surface area contributed by atoms with E-state index in [0.29, 0.717) is 0 Å². The standard InChI is InChI=1S/C16H13N3O2/c20-15-8-4-2-6-13(15)16(21)19-18-10-11-9-17-14-7-3-1-5-12(11)14/h1-10,17,20H,(H,19,21). The van der Waals surface area contributed by atoms with E-state index in [0.717, 1.165) is 16.5 Å². The number of carbonyl (C=O) groups is 1. The van der Waals surface area contributed by atoms with Crippen LogP contribution < -0.4 is 5.43 Å². The Hall–Kier alpha value is -3.08. The molecule has 3 N–H and O–H groups in total. The van der Waals surface area contributed by atoms with Gasteiger partial charge in [-0.05, 0) is 18.2 Å². The first kappa shape index (κ1) is 12.9. The molecule has 104 valence electrons. The number of benzene rings is 2. The van der Waals surface area contributed by atoms with Gasteiger partial charge in [0.2, 0.25) is 0 Å². The first-order chi connectivity index (χ1) is 10.3. The smallest absolute Gasteiger partial charge is 0.275 e. The van der Waals surface area contributed by atoms with E-state index in [1.165, 1.54) is 12.1 Å². The van der Waals surface area contributed by atoms with Gasteiger partial charge in [-0.25, -0.2) is 5.43 Å². The molecular weight excluding hydrogens is 266 g/mol. The fourth-order valence-electron chi connectivity index (χ4n) is 2.09. The molecule has 1 amide bonds. The number of aromatic hydroxyl groups is 1. The Kier molecular flexibility index (Phi) is 3.39. The van der Waals surface area contributed by atoms with Crippen LogP contribution in [0.1, 0.15) is 15.9 Å². The number of phenols is 1. The maximum atomic E-state index is 11.9. The molecule has 3 aromatic rings. The number of hydrogen-bond donors (Lipinski definition) is 3. The van der Waals surface area contributed by atoms with E-state index in [2.05, 4.69) is 15.5 Å². The number of rotatable bonds is 3. The van der Waals surface area contributed by atoms with Gasteiger partial charge in [-0.2, -0.15) is 5.10 Å². The highest BCUT2D eigenvalue weighted by Crippen LogP contribution is 2.16. The Morgan fingerprint density at radius 3 is 2.76 bits per heavy atom. The average molecular weight is 279 g/mol. The van der Waals surface area contributed by atoms with Gasteiger partial charge in [0.25, 0.3) is 5.91 Å². The van der Waals surface area contributed by atoms with Crippen molar-refractivity contribution in [2.75, 3.05) is 0 Å². The lowest BCUT2D eigenvalue weighted by Gasteiger charge is -2.01. The molecule has 21 heavy (non-hydrogen) atoms. The van der Waals surface area contributed by atoms with Gasteiger partial charge in [0, 0.05) is 22.7 Å². The zero-order valence-corrected chi connectivity index (χ0v) is 11.1. The molecule has 0 aliphatic heterocycles. The number of para-hydroxylation sites is 2. The minimum Gasteiger partial charge on any atom is -0.507 e. The monoisotopic (exact) mass is 279 g/mol. The molecule has 0 spiro atoms. The lowest BCUT2D eigenvalue weighted by atomic mass is 10.2. The molecule has 0 saturated carbocycles. The van der Waals surface area contributed by atoms with Crippen molar-refractivity contribution < 1.29 is 9.90 Å². The SMILES string of the molecule is O=C(NN=Cc1c[nH]c2ccccc12)c1ccccc1O. The molecule has 0 radical (unpaired) electrons. The summed E-state index contributed by atoms with van der Waals surface area (Å²) in [6, 6.07) is 14.1. The largest absolute Gasteiger partial charge is 0.507 e. The van der Waals surface area contributed by atoms with Crippen LogP contribution >= 0.6 is 0 Å². The third-order valence-corrected chi connectivity index (χ3v) is 3.14. The maximum Gasteiger partial charge on any atom is 0.275 e. The van der Waals surface area contributed by atoms with Crippen LogP contribution in [0.15, 0.2) is 59.8 Å². The minimum atomic E-state index is -0.454. The molecule has 5 nitrogen and oxygen atoms in total. The van der Waals surface area contributed by atoms with Crippen molar-refractivity contribution >= 4 is 23.0 Å². The molecule has 2 aromatic carbocycles. The van der Waals surface area contributed by atoms with Gasteiger partial charge in [0.1, 0.15) is 5.75 Å². The van der Waals surface area contributed by atoms with Crippen molar-refractivity contribution in [3.63, 3.8) is 0 Å². The average Bonchev–Trinajstić information content (AvgIpc) is 2.91. The Morgan fingerprint density at radius 2 is 1.90 bits per heavy atom. The van der Waals surface area contributed by atoms with Crippen LogP contribution in [-0.4, -0.2) is 22.2 Å². The van der Waals surface area contributed by atoms with Gasteiger partial charge in [-0.15, -0.1) is 0 Å². The van der Waals surface area contributed by atoms with Crippen molar-refractivity contribution in [1.29, 1.82) is 0 Å². The highest BCUT2D eigenvalue weighted by atomic mass is 16.3. The highest BCUT2D eigenvalue weighted by Gasteiger charge is 2.08. The van der Waals surface area contributed by atoms with E-state index in [1.54, 1.807) is 18.3 Å². The third kappa shape index (κ3) is 2.62. The molecule has 3 rings (SSSR count). The molecule has 0 aliphatic rings. The Labute approximate surface area is 120 Å². The number of fused-ring (bicyclic) bond motifs is 1. The number of amides is 1. The predicted molar refractivity (Wildman–Crippen MR) is 81.5 cm³/mol. The quantitative estimate of drug-likeness (QED) is 0.509. The number of phenolic OH excluding ortho intramolecular Hbond substituents is 1. The summed E-state index contributed by atoms with van der Waals surface area (Å²) >= 11 is 0. The summed E-state index contributed by atoms with van der Waals surface area (Å²) in [7, 11) is 0. The van der Waals surface area contributed by atoms with Crippen LogP contribution in [0.2, 0.25) is 0 Å². The first-order valence-electron chi connectivity index (χ1n) is 6.43. The fraction of sp³-hybridized carbons (Fsp3) is 0. The van der Waals surface area contributed by atoms with E-state index in [4.69, 9.17) is 0 Å². The first-order valence-corrected chi connectivity index (χ1v) is 6.43. The van der Waals surface area contributed by atoms with E-state index in [9.17, 15) is 9.90 Å². The normalized spacial score (nSPS) is 11.0. The summed E-state index contributed by atoms with van der Waals surface area (Å²) < 4.78 is 0. The maximum absolute atomic E-state index is 11.9. The third-order valence-electron chi connectivity index (χ3n) is 3.14. The van der Waals surface area contributed by atoms with Crippen LogP contribution in [-0.2, 0) is 0 Å². The predicted octanol–water partition coefficient (Wildman–Crippen LogP) is 2.64. The Morgan fingerprint density at radius 1 is 1.14 bits per heavy atom. The highest BCUT2D eigenvalue weighted by molar-refractivity contribution is 6.00. The van der Waals surface area contributed by atoms with Crippen molar-refractivity contribution in [3.05, 3.63) is 65.9 Å². The number of hydrazone groups is 1. The molecule has 0 saturated heterocycles. The summed E-state index contributed by atoms with van der Waals surface area (Å²) in [4.78, 5) is 15.0. The Balaban J connectivity index is 1.76. The molecule has 1 aromatic heterocycles. The fourth-order valence-corrected chi connectivity index (χ4v) is 2.09.